The highest BCUT2D eigenvalue weighted by atomic mass is 32.2. The maximum atomic E-state index is 13.6. The van der Waals surface area contributed by atoms with E-state index in [9.17, 15) is 27.5 Å². The van der Waals surface area contributed by atoms with Gasteiger partial charge in [-0.15, -0.1) is 11.3 Å². The number of piperazine rings is 1. The molecule has 1 atom stereocenters. The van der Waals surface area contributed by atoms with Crippen LogP contribution in [-0.4, -0.2) is 48.8 Å². The van der Waals surface area contributed by atoms with Crippen LogP contribution in [0.15, 0.2) is 35.2 Å². The summed E-state index contributed by atoms with van der Waals surface area (Å²) in [7, 11) is -4.05. The van der Waals surface area contributed by atoms with Gasteiger partial charge in [-0.3, -0.25) is 4.79 Å². The molecule has 0 unspecified atom stereocenters. The molecule has 1 saturated heterocycles. The molecule has 4 rings (SSSR count). The molecular weight excluding hydrogens is 515 g/mol. The van der Waals surface area contributed by atoms with Crippen molar-refractivity contribution in [1.82, 2.24) is 4.31 Å². The van der Waals surface area contributed by atoms with E-state index in [1.807, 2.05) is 20.8 Å². The number of hydrogen-bond acceptors (Lipinski definition) is 5. The Morgan fingerprint density at radius 1 is 1.14 bits per heavy atom. The highest BCUT2D eigenvalue weighted by Gasteiger charge is 2.44. The van der Waals surface area contributed by atoms with E-state index in [-0.39, 0.29) is 33.3 Å². The van der Waals surface area contributed by atoms with E-state index >= 15 is 0 Å². The smallest absolute Gasteiger partial charge is 0.348 e. The maximum Gasteiger partial charge on any atom is 0.348 e. The first-order chi connectivity index (χ1) is 17.4. The second kappa shape index (κ2) is 10.6. The summed E-state index contributed by atoms with van der Waals surface area (Å²) in [6.07, 6.45) is 4.64. The Balaban J connectivity index is 1.75. The molecule has 0 spiro atoms. The number of aromatic carboxylic acids is 1. The Hall–Kier alpha value is -2.74. The first-order valence-electron chi connectivity index (χ1n) is 12.3. The minimum absolute atomic E-state index is 0.0159. The van der Waals surface area contributed by atoms with Gasteiger partial charge in [-0.05, 0) is 69.9 Å². The van der Waals surface area contributed by atoms with Gasteiger partial charge >= 0.3 is 5.97 Å². The summed E-state index contributed by atoms with van der Waals surface area (Å²) in [5.41, 5.74) is -0.0101. The van der Waals surface area contributed by atoms with E-state index in [0.29, 0.717) is 4.88 Å². The van der Waals surface area contributed by atoms with Crippen LogP contribution < -0.4 is 4.90 Å². The van der Waals surface area contributed by atoms with Crippen molar-refractivity contribution in [3.8, 4) is 11.8 Å². The van der Waals surface area contributed by atoms with Crippen LogP contribution in [0.5, 0.6) is 0 Å². The number of hydrogen-bond donors (Lipinski definition) is 1. The molecule has 2 fully saturated rings. The third-order valence-corrected chi connectivity index (χ3v) is 9.53. The van der Waals surface area contributed by atoms with E-state index in [2.05, 4.69) is 11.8 Å². The van der Waals surface area contributed by atoms with Crippen LogP contribution in [0.4, 0.5) is 10.1 Å². The number of carboxylic acid groups (broad SMARTS) is 1. The van der Waals surface area contributed by atoms with E-state index < -0.39 is 40.3 Å². The number of benzene rings is 1. The van der Waals surface area contributed by atoms with E-state index in [0.717, 1.165) is 59.9 Å². The molecule has 0 bridgehead atoms. The number of thiophene rings is 1. The lowest BCUT2D eigenvalue weighted by molar-refractivity contribution is -0.121. The quantitative estimate of drug-likeness (QED) is 0.535. The molecule has 37 heavy (non-hydrogen) atoms. The minimum Gasteiger partial charge on any atom is -0.477 e. The summed E-state index contributed by atoms with van der Waals surface area (Å²) in [5, 5.41) is 9.96. The molecule has 10 heteroatoms. The Morgan fingerprint density at radius 3 is 2.38 bits per heavy atom. The third-order valence-electron chi connectivity index (χ3n) is 6.67. The van der Waals surface area contributed by atoms with Crippen molar-refractivity contribution in [2.45, 2.75) is 63.8 Å². The molecule has 1 saturated carbocycles. The van der Waals surface area contributed by atoms with Crippen LogP contribution >= 0.6 is 11.3 Å². The third kappa shape index (κ3) is 6.06. The Morgan fingerprint density at radius 2 is 1.78 bits per heavy atom. The molecule has 198 valence electrons. The molecular formula is C27H31FN2O5S2. The van der Waals surface area contributed by atoms with Crippen molar-refractivity contribution in [3.05, 3.63) is 45.9 Å². The molecule has 1 N–H and O–H groups in total. The zero-order chi connectivity index (χ0) is 27.0. The second-order valence-corrected chi connectivity index (χ2v) is 13.6. The maximum absolute atomic E-state index is 13.6. The fourth-order valence-electron chi connectivity index (χ4n) is 4.92. The predicted molar refractivity (Wildman–Crippen MR) is 141 cm³/mol. The summed E-state index contributed by atoms with van der Waals surface area (Å²) in [5.74, 6) is 3.98. The lowest BCUT2D eigenvalue weighted by Crippen LogP contribution is -2.60. The Kier molecular flexibility index (Phi) is 7.79. The molecule has 2 heterocycles. The van der Waals surface area contributed by atoms with Gasteiger partial charge in [0.25, 0.3) is 0 Å². The van der Waals surface area contributed by atoms with Gasteiger partial charge in [-0.1, -0.05) is 31.1 Å². The summed E-state index contributed by atoms with van der Waals surface area (Å²) in [6, 6.07) is 5.66. The highest BCUT2D eigenvalue weighted by molar-refractivity contribution is 7.89. The number of nitrogens with zero attached hydrogens (tertiary/aromatic N) is 2. The van der Waals surface area contributed by atoms with Crippen molar-refractivity contribution < 1.29 is 27.5 Å². The summed E-state index contributed by atoms with van der Waals surface area (Å²) < 4.78 is 41.4. The summed E-state index contributed by atoms with van der Waals surface area (Å²) >= 11 is 1.02. The van der Waals surface area contributed by atoms with E-state index in [4.69, 9.17) is 0 Å². The van der Waals surface area contributed by atoms with Gasteiger partial charge in [-0.2, -0.15) is 4.31 Å². The van der Waals surface area contributed by atoms with Gasteiger partial charge < -0.3 is 10.0 Å². The highest BCUT2D eigenvalue weighted by Crippen LogP contribution is 2.39. The van der Waals surface area contributed by atoms with Crippen LogP contribution in [0, 0.1) is 29.0 Å². The van der Waals surface area contributed by atoms with Crippen molar-refractivity contribution in [2.24, 2.45) is 11.3 Å². The fourth-order valence-corrected chi connectivity index (χ4v) is 7.17. The molecule has 1 aliphatic heterocycles. The average Bonchev–Trinajstić information content (AvgIpc) is 3.27. The summed E-state index contributed by atoms with van der Waals surface area (Å²) in [6.45, 7) is 5.47. The number of carbonyl (C=O) groups is 2. The topological polar surface area (TPSA) is 95.0 Å². The molecule has 2 aromatic rings. The lowest BCUT2D eigenvalue weighted by Gasteiger charge is -2.44. The largest absolute Gasteiger partial charge is 0.477 e. The molecule has 0 radical (unpaired) electrons. The first kappa shape index (κ1) is 27.3. The number of rotatable bonds is 5. The average molecular weight is 547 g/mol. The minimum atomic E-state index is -4.05. The fraction of sp³-hybridized carbons (Fsp3) is 0.481. The zero-order valence-corrected chi connectivity index (χ0v) is 22.8. The van der Waals surface area contributed by atoms with Gasteiger partial charge in [0.15, 0.2) is 0 Å². The summed E-state index contributed by atoms with van der Waals surface area (Å²) in [4.78, 5) is 27.8. The molecule has 1 amide bonds. The number of halogens is 1. The van der Waals surface area contributed by atoms with E-state index in [1.54, 1.807) is 6.07 Å². The molecule has 2 aliphatic rings. The van der Waals surface area contributed by atoms with Crippen LogP contribution in [0.25, 0.3) is 0 Å². The predicted octanol–water partition coefficient (Wildman–Crippen LogP) is 4.97. The standard InChI is InChI=1S/C27H31FN2O5S2/c1-27(2,3)14-13-20-15-22(25(36-20)26(32)33)30-23(18-7-5-4-6-8-18)16-29(17-24(30)31)37(34,35)21-11-9-19(28)10-12-21/h9-12,15,18,23H,4-8,16-17H2,1-3H3,(H,32,33)/t23-/m0/s1. The van der Waals surface area contributed by atoms with Gasteiger partial charge in [0.2, 0.25) is 15.9 Å². The Labute approximate surface area is 221 Å². The SMILES string of the molecule is CC(C)(C)C#Cc1cc(N2C(=O)CN(S(=O)(=O)c3ccc(F)cc3)C[C@H]2C2CCCCC2)c(C(=O)O)s1. The van der Waals surface area contributed by atoms with Gasteiger partial charge in [-0.25, -0.2) is 17.6 Å². The Bertz CT molecular complexity index is 1340. The molecule has 1 aliphatic carbocycles. The monoisotopic (exact) mass is 546 g/mol. The van der Waals surface area contributed by atoms with Gasteiger partial charge in [0.1, 0.15) is 10.7 Å². The number of carboxylic acids is 1. The second-order valence-electron chi connectivity index (χ2n) is 10.6. The number of anilines is 1. The van der Waals surface area contributed by atoms with Crippen molar-refractivity contribution in [2.75, 3.05) is 18.0 Å². The first-order valence-corrected chi connectivity index (χ1v) is 14.6. The molecule has 1 aromatic heterocycles. The number of amides is 1. The molecule has 7 nitrogen and oxygen atoms in total. The van der Waals surface area contributed by atoms with Crippen molar-refractivity contribution >= 4 is 38.9 Å². The zero-order valence-electron chi connectivity index (χ0n) is 21.2. The van der Waals surface area contributed by atoms with Crippen LogP contribution in [0.2, 0.25) is 0 Å². The van der Waals surface area contributed by atoms with Crippen molar-refractivity contribution in [1.29, 1.82) is 0 Å². The lowest BCUT2D eigenvalue weighted by atomic mass is 9.82. The van der Waals surface area contributed by atoms with Gasteiger partial charge in [0.05, 0.1) is 28.0 Å². The number of sulfonamides is 1. The molecule has 1 aromatic carbocycles. The normalized spacial score (nSPS) is 19.9. The van der Waals surface area contributed by atoms with Crippen LogP contribution in [0.3, 0.4) is 0 Å². The van der Waals surface area contributed by atoms with Gasteiger partial charge in [0, 0.05) is 12.0 Å². The van der Waals surface area contributed by atoms with Crippen molar-refractivity contribution in [3.63, 3.8) is 0 Å². The number of carbonyl (C=O) groups excluding carboxylic acids is 1. The van der Waals surface area contributed by atoms with E-state index in [1.165, 1.54) is 17.0 Å². The van der Waals surface area contributed by atoms with Crippen LogP contribution in [0.1, 0.15) is 67.4 Å². The van der Waals surface area contributed by atoms with Crippen LogP contribution in [-0.2, 0) is 14.8 Å².